The Hall–Kier alpha value is -2.60. The van der Waals surface area contributed by atoms with Crippen LogP contribution in [0.1, 0.15) is 29.9 Å². The fraction of sp³-hybridized carbons (Fsp3) is 0.286. The van der Waals surface area contributed by atoms with Crippen molar-refractivity contribution in [3.63, 3.8) is 0 Å². The minimum atomic E-state index is 0.0238. The van der Waals surface area contributed by atoms with Crippen LogP contribution >= 0.6 is 11.8 Å². The third kappa shape index (κ3) is 4.39. The molecule has 1 amide bonds. The summed E-state index contributed by atoms with van der Waals surface area (Å²) in [6.07, 6.45) is 0. The van der Waals surface area contributed by atoms with Crippen molar-refractivity contribution < 1.29 is 4.79 Å². The molecule has 0 aliphatic heterocycles. The SMILES string of the molecule is Cc1cccc(-n2c(C)nnc2SCC(=O)N(C)[C@@H](C)c2ccccc2)c1. The van der Waals surface area contributed by atoms with Crippen molar-refractivity contribution in [3.8, 4) is 5.69 Å². The molecule has 0 spiro atoms. The van der Waals surface area contributed by atoms with Crippen LogP contribution < -0.4 is 0 Å². The second-order valence-electron chi connectivity index (χ2n) is 6.58. The molecule has 3 rings (SSSR count). The Morgan fingerprint density at radius 2 is 1.85 bits per heavy atom. The van der Waals surface area contributed by atoms with E-state index in [0.29, 0.717) is 5.75 Å². The molecule has 0 aliphatic rings. The standard InChI is InChI=1S/C21H24N4OS/c1-15-9-8-12-19(13-15)25-17(3)22-23-21(25)27-14-20(26)24(4)16(2)18-10-6-5-7-11-18/h5-13,16H,14H2,1-4H3/t16-/m0/s1. The molecule has 0 bridgehead atoms. The first kappa shape index (κ1) is 19.2. The highest BCUT2D eigenvalue weighted by molar-refractivity contribution is 7.99. The largest absolute Gasteiger partial charge is 0.338 e. The number of benzene rings is 2. The van der Waals surface area contributed by atoms with Crippen LogP contribution in [0.15, 0.2) is 59.8 Å². The number of rotatable bonds is 6. The molecule has 5 nitrogen and oxygen atoms in total. The Labute approximate surface area is 164 Å². The third-order valence-corrected chi connectivity index (χ3v) is 5.55. The van der Waals surface area contributed by atoms with Crippen molar-refractivity contribution in [2.75, 3.05) is 12.8 Å². The summed E-state index contributed by atoms with van der Waals surface area (Å²) in [4.78, 5) is 14.5. The second kappa shape index (κ2) is 8.39. The molecule has 0 aliphatic carbocycles. The molecule has 1 atom stereocenters. The topological polar surface area (TPSA) is 51.0 Å². The maximum absolute atomic E-state index is 12.7. The number of thioether (sulfide) groups is 1. The monoisotopic (exact) mass is 380 g/mol. The number of carbonyl (C=O) groups is 1. The quantitative estimate of drug-likeness (QED) is 0.602. The Bertz CT molecular complexity index is 923. The molecule has 0 radical (unpaired) electrons. The van der Waals surface area contributed by atoms with Gasteiger partial charge in [-0.3, -0.25) is 9.36 Å². The molecule has 27 heavy (non-hydrogen) atoms. The zero-order chi connectivity index (χ0) is 19.4. The lowest BCUT2D eigenvalue weighted by atomic mass is 10.1. The summed E-state index contributed by atoms with van der Waals surface area (Å²) in [5.41, 5.74) is 3.31. The summed E-state index contributed by atoms with van der Waals surface area (Å²) in [6, 6.07) is 18.3. The van der Waals surface area contributed by atoms with Crippen molar-refractivity contribution in [2.45, 2.75) is 32.0 Å². The fourth-order valence-electron chi connectivity index (χ4n) is 2.90. The van der Waals surface area contributed by atoms with Crippen molar-refractivity contribution in [1.29, 1.82) is 0 Å². The maximum atomic E-state index is 12.7. The third-order valence-electron chi connectivity index (χ3n) is 4.64. The van der Waals surface area contributed by atoms with Crippen LogP contribution in [0.3, 0.4) is 0 Å². The lowest BCUT2D eigenvalue weighted by Crippen LogP contribution is -2.31. The Morgan fingerprint density at radius 1 is 1.11 bits per heavy atom. The van der Waals surface area contributed by atoms with E-state index in [-0.39, 0.29) is 11.9 Å². The zero-order valence-corrected chi connectivity index (χ0v) is 16.9. The number of aryl methyl sites for hydroxylation is 2. The van der Waals surface area contributed by atoms with E-state index in [1.54, 1.807) is 4.90 Å². The van der Waals surface area contributed by atoms with Gasteiger partial charge in [0.05, 0.1) is 11.8 Å². The van der Waals surface area contributed by atoms with E-state index in [2.05, 4.69) is 29.3 Å². The van der Waals surface area contributed by atoms with Crippen LogP contribution in [0.4, 0.5) is 0 Å². The molecule has 0 saturated carbocycles. The predicted molar refractivity (Wildman–Crippen MR) is 109 cm³/mol. The van der Waals surface area contributed by atoms with Gasteiger partial charge in [-0.2, -0.15) is 0 Å². The average molecular weight is 381 g/mol. The summed E-state index contributed by atoms with van der Waals surface area (Å²) >= 11 is 1.42. The molecular weight excluding hydrogens is 356 g/mol. The predicted octanol–water partition coefficient (Wildman–Crippen LogP) is 4.20. The van der Waals surface area contributed by atoms with Crippen LogP contribution in [0.25, 0.3) is 5.69 Å². The van der Waals surface area contributed by atoms with Gasteiger partial charge in [-0.05, 0) is 44.0 Å². The van der Waals surface area contributed by atoms with Crippen LogP contribution in [0, 0.1) is 13.8 Å². The molecule has 2 aromatic carbocycles. The molecule has 0 N–H and O–H groups in total. The van der Waals surface area contributed by atoms with Crippen molar-refractivity contribution in [3.05, 3.63) is 71.5 Å². The van der Waals surface area contributed by atoms with Crippen molar-refractivity contribution >= 4 is 17.7 Å². The zero-order valence-electron chi connectivity index (χ0n) is 16.1. The van der Waals surface area contributed by atoms with Gasteiger partial charge in [0.25, 0.3) is 0 Å². The van der Waals surface area contributed by atoms with E-state index in [0.717, 1.165) is 22.2 Å². The molecule has 0 unspecified atom stereocenters. The first-order valence-electron chi connectivity index (χ1n) is 8.90. The maximum Gasteiger partial charge on any atom is 0.233 e. The van der Waals surface area contributed by atoms with Gasteiger partial charge in [0, 0.05) is 12.7 Å². The van der Waals surface area contributed by atoms with E-state index in [4.69, 9.17) is 0 Å². The van der Waals surface area contributed by atoms with Crippen LogP contribution in [0.5, 0.6) is 0 Å². The summed E-state index contributed by atoms with van der Waals surface area (Å²) < 4.78 is 1.99. The molecule has 1 heterocycles. The van der Waals surface area contributed by atoms with Crippen LogP contribution in [-0.4, -0.2) is 38.4 Å². The first-order chi connectivity index (χ1) is 13.0. The van der Waals surface area contributed by atoms with Gasteiger partial charge < -0.3 is 4.90 Å². The van der Waals surface area contributed by atoms with Gasteiger partial charge in [-0.15, -0.1) is 10.2 Å². The number of aromatic nitrogens is 3. The van der Waals surface area contributed by atoms with Crippen LogP contribution in [0.2, 0.25) is 0 Å². The number of carbonyl (C=O) groups excluding carboxylic acids is 1. The minimum absolute atomic E-state index is 0.0238. The normalized spacial score (nSPS) is 12.0. The summed E-state index contributed by atoms with van der Waals surface area (Å²) in [7, 11) is 1.84. The summed E-state index contributed by atoms with van der Waals surface area (Å²) in [5, 5.41) is 9.19. The smallest absolute Gasteiger partial charge is 0.233 e. The van der Waals surface area contributed by atoms with Gasteiger partial charge in [-0.25, -0.2) is 0 Å². The number of amides is 1. The number of hydrogen-bond acceptors (Lipinski definition) is 4. The highest BCUT2D eigenvalue weighted by Crippen LogP contribution is 2.24. The lowest BCUT2D eigenvalue weighted by molar-refractivity contribution is -0.128. The summed E-state index contributed by atoms with van der Waals surface area (Å²) in [5.74, 6) is 1.19. The molecule has 0 saturated heterocycles. The Morgan fingerprint density at radius 3 is 2.56 bits per heavy atom. The summed E-state index contributed by atoms with van der Waals surface area (Å²) in [6.45, 7) is 6.02. The van der Waals surface area contributed by atoms with E-state index >= 15 is 0 Å². The lowest BCUT2D eigenvalue weighted by Gasteiger charge is -2.25. The van der Waals surface area contributed by atoms with Gasteiger partial charge in [0.15, 0.2) is 5.16 Å². The molecule has 6 heteroatoms. The highest BCUT2D eigenvalue weighted by Gasteiger charge is 2.19. The van der Waals surface area contributed by atoms with E-state index in [9.17, 15) is 4.79 Å². The molecule has 140 valence electrons. The van der Waals surface area contributed by atoms with E-state index in [1.807, 2.05) is 67.9 Å². The molecule has 0 fully saturated rings. The average Bonchev–Trinajstić information content (AvgIpc) is 3.06. The minimum Gasteiger partial charge on any atom is -0.338 e. The van der Waals surface area contributed by atoms with E-state index < -0.39 is 0 Å². The van der Waals surface area contributed by atoms with Gasteiger partial charge in [0.2, 0.25) is 5.91 Å². The second-order valence-corrected chi connectivity index (χ2v) is 7.53. The van der Waals surface area contributed by atoms with Gasteiger partial charge in [-0.1, -0.05) is 54.2 Å². The van der Waals surface area contributed by atoms with Crippen molar-refractivity contribution in [2.24, 2.45) is 0 Å². The molecule has 3 aromatic rings. The Kier molecular flexibility index (Phi) is 5.96. The van der Waals surface area contributed by atoms with Gasteiger partial charge in [0.1, 0.15) is 5.82 Å². The van der Waals surface area contributed by atoms with E-state index in [1.165, 1.54) is 17.3 Å². The van der Waals surface area contributed by atoms with Gasteiger partial charge >= 0.3 is 0 Å². The molecule has 1 aromatic heterocycles. The Balaban J connectivity index is 1.71. The first-order valence-corrected chi connectivity index (χ1v) is 9.88. The fourth-order valence-corrected chi connectivity index (χ4v) is 3.82. The highest BCUT2D eigenvalue weighted by atomic mass is 32.2. The van der Waals surface area contributed by atoms with Crippen LogP contribution in [-0.2, 0) is 4.79 Å². The number of nitrogens with zero attached hydrogens (tertiary/aromatic N) is 4. The van der Waals surface area contributed by atoms with Crippen molar-refractivity contribution in [1.82, 2.24) is 19.7 Å². The molecular formula is C21H24N4OS. The number of hydrogen-bond donors (Lipinski definition) is 0.